The number of ketones is 1. The van der Waals surface area contributed by atoms with Crippen molar-refractivity contribution in [3.05, 3.63) is 121 Å². The molecule has 0 radical (unpaired) electrons. The van der Waals surface area contributed by atoms with E-state index < -0.39 is 40.1 Å². The predicted octanol–water partition coefficient (Wildman–Crippen LogP) is 3.99. The van der Waals surface area contributed by atoms with E-state index in [9.17, 15) is 17.8 Å². The van der Waals surface area contributed by atoms with E-state index in [2.05, 4.69) is 121 Å². The predicted molar refractivity (Wildman–Crippen MR) is 163 cm³/mol. The van der Waals surface area contributed by atoms with Crippen molar-refractivity contribution >= 4 is 48.7 Å². The Morgan fingerprint density at radius 1 is 0.700 bits per heavy atom. The molecule has 0 amide bonds. The van der Waals surface area contributed by atoms with Crippen molar-refractivity contribution in [2.45, 2.75) is 33.1 Å². The Morgan fingerprint density at radius 2 is 1.05 bits per heavy atom. The van der Waals surface area contributed by atoms with Gasteiger partial charge in [-0.3, -0.25) is 4.79 Å². The van der Waals surface area contributed by atoms with Gasteiger partial charge in [0.05, 0.1) is 15.9 Å². The van der Waals surface area contributed by atoms with Crippen LogP contribution in [0.5, 0.6) is 0 Å². The Balaban J connectivity index is 0.000000184. The van der Waals surface area contributed by atoms with E-state index in [1.54, 1.807) is 0 Å². The van der Waals surface area contributed by atoms with Gasteiger partial charge in [0.25, 0.3) is 0 Å². The molecule has 4 nitrogen and oxygen atoms in total. The Kier molecular flexibility index (Phi) is 8.12. The zero-order valence-corrected chi connectivity index (χ0v) is 26.3. The minimum absolute atomic E-state index is 0.0248. The molecule has 2 aliphatic carbocycles. The monoisotopic (exact) mass is 660 g/mol. The van der Waals surface area contributed by atoms with E-state index in [-0.39, 0.29) is 17.1 Å². The maximum atomic E-state index is 11.8. The van der Waals surface area contributed by atoms with E-state index in [1.165, 1.54) is 14.0 Å². The number of benzene rings is 4. The molecule has 6 rings (SSSR count). The van der Waals surface area contributed by atoms with Crippen LogP contribution in [-0.4, -0.2) is 43.3 Å². The number of carbonyl (C=O) groups is 1. The number of fused-ring (bicyclic) bond motifs is 2. The normalized spacial score (nSPS) is 21.5. The van der Waals surface area contributed by atoms with Crippen molar-refractivity contribution in [2.24, 2.45) is 16.7 Å². The first-order valence-corrected chi connectivity index (χ1v) is 20.4. The molecule has 2 unspecified atom stereocenters. The molecule has 2 bridgehead atoms. The molecule has 4 aromatic carbocycles. The first-order chi connectivity index (χ1) is 19.1. The standard InChI is InChI=1S/C10H16O4S.4C6H5.Sb/c1-9(2)7-3-4-10(9,8(11)5-7)6-15(12,13)14;4*1-2-4-6-5-3-1;/h7H,3-6H2,1-2H3,(H,12,13,14);4*1-5H;/q;;;;;+1/p-1. The number of Topliss-reactive ketones (excluding diaryl/α,β-unsaturated/α-hetero) is 1. The molecular weight excluding hydrogens is 626 g/mol. The zero-order chi connectivity index (χ0) is 28.4. The van der Waals surface area contributed by atoms with Gasteiger partial charge in [-0.2, -0.15) is 0 Å². The van der Waals surface area contributed by atoms with Gasteiger partial charge in [0.1, 0.15) is 5.78 Å². The summed E-state index contributed by atoms with van der Waals surface area (Å²) in [6, 6.07) is 44.4. The summed E-state index contributed by atoms with van der Waals surface area (Å²) in [5.41, 5.74) is -1.22. The third kappa shape index (κ3) is 5.09. The molecule has 0 saturated heterocycles. The van der Waals surface area contributed by atoms with Crippen LogP contribution in [-0.2, 0) is 14.9 Å². The van der Waals surface area contributed by atoms with Crippen LogP contribution < -0.4 is 14.0 Å². The van der Waals surface area contributed by atoms with Crippen molar-refractivity contribution in [2.75, 3.05) is 5.75 Å². The van der Waals surface area contributed by atoms with E-state index >= 15 is 0 Å². The second kappa shape index (κ2) is 11.3. The third-order valence-electron chi connectivity index (χ3n) is 9.14. The van der Waals surface area contributed by atoms with E-state index in [0.29, 0.717) is 12.8 Å². The number of hydrogen-bond acceptors (Lipinski definition) is 4. The Labute approximate surface area is 242 Å². The first kappa shape index (κ1) is 28.8. The van der Waals surface area contributed by atoms with Crippen molar-refractivity contribution in [3.63, 3.8) is 0 Å². The fourth-order valence-corrected chi connectivity index (χ4v) is 20.4. The van der Waals surface area contributed by atoms with E-state index in [4.69, 9.17) is 0 Å². The van der Waals surface area contributed by atoms with Crippen LogP contribution in [0.2, 0.25) is 0 Å². The average molecular weight is 661 g/mol. The van der Waals surface area contributed by atoms with Gasteiger partial charge in [-0.25, -0.2) is 8.42 Å². The molecule has 0 spiro atoms. The van der Waals surface area contributed by atoms with E-state index in [0.717, 1.165) is 6.42 Å². The molecule has 40 heavy (non-hydrogen) atoms. The average Bonchev–Trinajstić information content (AvgIpc) is 3.30. The summed E-state index contributed by atoms with van der Waals surface area (Å²) >= 11 is -3.17. The van der Waals surface area contributed by atoms with Gasteiger partial charge in [-0.1, -0.05) is 13.8 Å². The van der Waals surface area contributed by atoms with Gasteiger partial charge in [0.2, 0.25) is 0 Å². The fraction of sp³-hybridized carbons (Fsp3) is 0.265. The van der Waals surface area contributed by atoms with Crippen molar-refractivity contribution in [1.29, 1.82) is 0 Å². The molecule has 0 aliphatic heterocycles. The van der Waals surface area contributed by atoms with Gasteiger partial charge >= 0.3 is 154 Å². The molecule has 4 aromatic rings. The molecular formula is C34H35O4SSb. The fourth-order valence-electron chi connectivity index (χ4n) is 6.91. The summed E-state index contributed by atoms with van der Waals surface area (Å²) in [6.07, 6.45) is 1.88. The van der Waals surface area contributed by atoms with Gasteiger partial charge in [0.15, 0.2) is 0 Å². The number of hydrogen-bond donors (Lipinski definition) is 0. The van der Waals surface area contributed by atoms with Crippen LogP contribution in [0.3, 0.4) is 0 Å². The topological polar surface area (TPSA) is 74.3 Å². The molecule has 0 N–H and O–H groups in total. The molecule has 2 fully saturated rings. The Hall–Kier alpha value is -2.72. The second-order valence-electron chi connectivity index (χ2n) is 11.4. The molecule has 2 aliphatic rings. The van der Waals surface area contributed by atoms with Gasteiger partial charge in [-0.05, 0) is 24.2 Å². The molecule has 2 atom stereocenters. The third-order valence-corrected chi connectivity index (χ3v) is 22.2. The molecule has 2 saturated carbocycles. The van der Waals surface area contributed by atoms with E-state index in [1.807, 2.05) is 13.8 Å². The molecule has 0 heterocycles. The summed E-state index contributed by atoms with van der Waals surface area (Å²) < 4.78 is 38.6. The first-order valence-electron chi connectivity index (χ1n) is 13.7. The Bertz CT molecular complexity index is 1390. The number of rotatable bonds is 6. The summed E-state index contributed by atoms with van der Waals surface area (Å²) in [5, 5.41) is 0. The maximum absolute atomic E-state index is 11.8. The quantitative estimate of drug-likeness (QED) is 0.232. The number of carbonyl (C=O) groups excluding carboxylic acids is 1. The minimum atomic E-state index is -4.33. The van der Waals surface area contributed by atoms with Crippen LogP contribution in [0.15, 0.2) is 121 Å². The van der Waals surface area contributed by atoms with Crippen molar-refractivity contribution in [3.8, 4) is 0 Å². The van der Waals surface area contributed by atoms with Gasteiger partial charge < -0.3 is 4.55 Å². The van der Waals surface area contributed by atoms with Gasteiger partial charge in [-0.15, -0.1) is 0 Å². The van der Waals surface area contributed by atoms with Crippen molar-refractivity contribution < 1.29 is 17.8 Å². The summed E-state index contributed by atoms with van der Waals surface area (Å²) in [6.45, 7) is 3.83. The van der Waals surface area contributed by atoms with Crippen LogP contribution in [0.1, 0.15) is 33.1 Å². The van der Waals surface area contributed by atoms with Crippen LogP contribution in [0, 0.1) is 16.7 Å². The van der Waals surface area contributed by atoms with Crippen molar-refractivity contribution in [1.82, 2.24) is 0 Å². The summed E-state index contributed by atoms with van der Waals surface area (Å²) in [4.78, 5) is 11.8. The van der Waals surface area contributed by atoms with Crippen LogP contribution in [0.4, 0.5) is 0 Å². The summed E-state index contributed by atoms with van der Waals surface area (Å²) in [7, 11) is -4.33. The second-order valence-corrected chi connectivity index (χ2v) is 22.5. The Morgan fingerprint density at radius 3 is 1.30 bits per heavy atom. The SMILES string of the molecule is CC1(C)C2CCC1(CS(=O)(=O)[O-])C(=O)C2.c1cc[c]([Sb+]([c]2ccccc2)([c]2ccccc2)[c]2ccccc2)cc1. The zero-order valence-electron chi connectivity index (χ0n) is 22.9. The van der Waals surface area contributed by atoms with Crippen LogP contribution >= 0.6 is 0 Å². The van der Waals surface area contributed by atoms with Gasteiger partial charge in [0, 0.05) is 11.8 Å². The molecule has 206 valence electrons. The van der Waals surface area contributed by atoms with Crippen LogP contribution in [0.25, 0.3) is 0 Å². The summed E-state index contributed by atoms with van der Waals surface area (Å²) in [5.74, 6) is -0.280. The molecule has 6 heteroatoms. The molecule has 0 aromatic heterocycles.